The summed E-state index contributed by atoms with van der Waals surface area (Å²) in [4.78, 5) is 15.4. The second-order valence-electron chi connectivity index (χ2n) is 6.58. The number of aliphatic imine (C=N–C) groups is 1. The predicted octanol–water partition coefficient (Wildman–Crippen LogP) is 3.66. The molecule has 0 saturated carbocycles. The summed E-state index contributed by atoms with van der Waals surface area (Å²) < 4.78 is 5.39. The van der Waals surface area contributed by atoms with Crippen molar-refractivity contribution in [3.05, 3.63) is 51.7 Å². The number of rotatable bonds is 7. The molecule has 1 aromatic carbocycles. The standard InChI is InChI=1S/C20H26N6OS/c1-5-7-18-24-19(27-25-18)16-9-6-8-15(10-16)11-22-20(21-3)26(4)12-17-13-28-14(2)23-17/h6,8-10,13H,5,7,11-12H2,1-4H3,(H,21,22). The van der Waals surface area contributed by atoms with Crippen LogP contribution in [0.4, 0.5) is 0 Å². The summed E-state index contributed by atoms with van der Waals surface area (Å²) >= 11 is 1.66. The van der Waals surface area contributed by atoms with E-state index >= 15 is 0 Å². The van der Waals surface area contributed by atoms with Crippen molar-refractivity contribution < 1.29 is 4.52 Å². The van der Waals surface area contributed by atoms with Gasteiger partial charge in [-0.15, -0.1) is 11.3 Å². The smallest absolute Gasteiger partial charge is 0.257 e. The molecule has 0 saturated heterocycles. The first-order valence-corrected chi connectivity index (χ1v) is 10.2. The van der Waals surface area contributed by atoms with E-state index in [2.05, 4.69) is 54.8 Å². The van der Waals surface area contributed by atoms with Crippen molar-refractivity contribution in [3.63, 3.8) is 0 Å². The van der Waals surface area contributed by atoms with Crippen LogP contribution < -0.4 is 5.32 Å². The molecule has 0 amide bonds. The molecule has 2 aromatic heterocycles. The number of aryl methyl sites for hydroxylation is 2. The molecule has 0 aliphatic carbocycles. The number of hydrogen-bond donors (Lipinski definition) is 1. The Morgan fingerprint density at radius 3 is 2.89 bits per heavy atom. The van der Waals surface area contributed by atoms with Crippen molar-refractivity contribution in [1.29, 1.82) is 0 Å². The summed E-state index contributed by atoms with van der Waals surface area (Å²) in [5.74, 6) is 2.13. The Balaban J connectivity index is 1.62. The number of benzene rings is 1. The van der Waals surface area contributed by atoms with Crippen molar-refractivity contribution in [2.75, 3.05) is 14.1 Å². The van der Waals surface area contributed by atoms with Gasteiger partial charge in [-0.05, 0) is 31.0 Å². The van der Waals surface area contributed by atoms with E-state index in [-0.39, 0.29) is 0 Å². The van der Waals surface area contributed by atoms with E-state index in [1.54, 1.807) is 18.4 Å². The van der Waals surface area contributed by atoms with Gasteiger partial charge >= 0.3 is 0 Å². The summed E-state index contributed by atoms with van der Waals surface area (Å²) in [6.07, 6.45) is 1.82. The average molecular weight is 399 g/mol. The van der Waals surface area contributed by atoms with Gasteiger partial charge in [-0.25, -0.2) is 4.98 Å². The van der Waals surface area contributed by atoms with Gasteiger partial charge < -0.3 is 14.7 Å². The first kappa shape index (κ1) is 20.0. The van der Waals surface area contributed by atoms with Crippen LogP contribution in [0.25, 0.3) is 11.5 Å². The maximum atomic E-state index is 5.39. The number of hydrogen-bond acceptors (Lipinski definition) is 6. The van der Waals surface area contributed by atoms with Crippen LogP contribution in [0.3, 0.4) is 0 Å². The summed E-state index contributed by atoms with van der Waals surface area (Å²) in [5.41, 5.74) is 3.09. The maximum Gasteiger partial charge on any atom is 0.257 e. The Labute approximate surface area is 169 Å². The van der Waals surface area contributed by atoms with Gasteiger partial charge in [0.25, 0.3) is 5.89 Å². The third kappa shape index (κ3) is 5.16. The molecule has 0 spiro atoms. The number of thiazole rings is 1. The van der Waals surface area contributed by atoms with Crippen LogP contribution in [0.1, 0.15) is 35.4 Å². The zero-order valence-electron chi connectivity index (χ0n) is 16.8. The molecule has 8 heteroatoms. The molecule has 0 fully saturated rings. The molecule has 0 atom stereocenters. The lowest BCUT2D eigenvalue weighted by atomic mass is 10.1. The van der Waals surface area contributed by atoms with Crippen LogP contribution in [-0.2, 0) is 19.5 Å². The lowest BCUT2D eigenvalue weighted by Crippen LogP contribution is -2.38. The Morgan fingerprint density at radius 2 is 2.18 bits per heavy atom. The summed E-state index contributed by atoms with van der Waals surface area (Å²) in [5, 5.41) is 10.6. The average Bonchev–Trinajstić information content (AvgIpc) is 3.32. The highest BCUT2D eigenvalue weighted by Gasteiger charge is 2.11. The van der Waals surface area contributed by atoms with Crippen molar-refractivity contribution in [2.45, 2.75) is 39.8 Å². The van der Waals surface area contributed by atoms with Gasteiger partial charge in [0.2, 0.25) is 0 Å². The van der Waals surface area contributed by atoms with Gasteiger partial charge in [0.1, 0.15) is 0 Å². The first-order valence-electron chi connectivity index (χ1n) is 9.33. The second-order valence-corrected chi connectivity index (χ2v) is 7.64. The molecule has 2 heterocycles. The first-order chi connectivity index (χ1) is 13.6. The molecule has 7 nitrogen and oxygen atoms in total. The third-order valence-corrected chi connectivity index (χ3v) is 5.03. The van der Waals surface area contributed by atoms with Gasteiger partial charge in [-0.3, -0.25) is 4.99 Å². The molecule has 0 aliphatic rings. The van der Waals surface area contributed by atoms with Crippen LogP contribution in [-0.4, -0.2) is 40.1 Å². The Kier molecular flexibility index (Phi) is 6.76. The topological polar surface area (TPSA) is 79.4 Å². The largest absolute Gasteiger partial charge is 0.352 e. The summed E-state index contributed by atoms with van der Waals surface area (Å²) in [7, 11) is 3.80. The van der Waals surface area contributed by atoms with Crippen molar-refractivity contribution in [1.82, 2.24) is 25.3 Å². The maximum absolute atomic E-state index is 5.39. The quantitative estimate of drug-likeness (QED) is 0.483. The highest BCUT2D eigenvalue weighted by atomic mass is 32.1. The highest BCUT2D eigenvalue weighted by molar-refractivity contribution is 7.09. The molecular weight excluding hydrogens is 372 g/mol. The Hall–Kier alpha value is -2.74. The molecule has 28 heavy (non-hydrogen) atoms. The molecule has 0 radical (unpaired) electrons. The lowest BCUT2D eigenvalue weighted by molar-refractivity contribution is 0.422. The van der Waals surface area contributed by atoms with Crippen LogP contribution in [0.5, 0.6) is 0 Å². The molecule has 0 unspecified atom stereocenters. The summed E-state index contributed by atoms with van der Waals surface area (Å²) in [6, 6.07) is 8.11. The number of aromatic nitrogens is 3. The summed E-state index contributed by atoms with van der Waals surface area (Å²) in [6.45, 7) is 5.48. The van der Waals surface area contributed by atoms with Crippen molar-refractivity contribution in [3.8, 4) is 11.5 Å². The number of guanidine groups is 1. The van der Waals surface area contributed by atoms with Gasteiger partial charge in [0.05, 0.1) is 17.2 Å². The molecule has 148 valence electrons. The normalized spacial score (nSPS) is 11.6. The minimum atomic E-state index is 0.561. The van der Waals surface area contributed by atoms with E-state index in [0.717, 1.165) is 46.5 Å². The molecule has 0 bridgehead atoms. The Bertz CT molecular complexity index is 932. The lowest BCUT2D eigenvalue weighted by Gasteiger charge is -2.21. The molecule has 3 aromatic rings. The SMILES string of the molecule is CCCc1noc(-c2cccc(CNC(=NC)N(C)Cc3csc(C)n3)c2)n1. The zero-order valence-corrected chi connectivity index (χ0v) is 17.6. The molecular formula is C20H26N6OS. The zero-order chi connectivity index (χ0) is 19.9. The predicted molar refractivity (Wildman–Crippen MR) is 112 cm³/mol. The minimum Gasteiger partial charge on any atom is -0.352 e. The number of nitrogens with zero attached hydrogens (tertiary/aromatic N) is 5. The van der Waals surface area contributed by atoms with E-state index in [1.165, 1.54) is 0 Å². The van der Waals surface area contributed by atoms with Crippen LogP contribution >= 0.6 is 11.3 Å². The third-order valence-electron chi connectivity index (χ3n) is 4.21. The van der Waals surface area contributed by atoms with Crippen LogP contribution in [0.15, 0.2) is 39.2 Å². The van der Waals surface area contributed by atoms with Gasteiger partial charge in [0, 0.05) is 38.0 Å². The van der Waals surface area contributed by atoms with Crippen molar-refractivity contribution >= 4 is 17.3 Å². The molecule has 3 rings (SSSR count). The second kappa shape index (κ2) is 9.45. The minimum absolute atomic E-state index is 0.561. The van der Waals surface area contributed by atoms with E-state index in [4.69, 9.17) is 4.52 Å². The van der Waals surface area contributed by atoms with Crippen molar-refractivity contribution in [2.24, 2.45) is 4.99 Å². The van der Waals surface area contributed by atoms with E-state index in [9.17, 15) is 0 Å². The monoisotopic (exact) mass is 398 g/mol. The fraction of sp³-hybridized carbons (Fsp3) is 0.400. The molecule has 1 N–H and O–H groups in total. The van der Waals surface area contributed by atoms with Gasteiger partial charge in [0.15, 0.2) is 11.8 Å². The van der Waals surface area contributed by atoms with Gasteiger partial charge in [-0.1, -0.05) is 24.2 Å². The van der Waals surface area contributed by atoms with E-state index in [1.807, 2.05) is 26.1 Å². The van der Waals surface area contributed by atoms with E-state index < -0.39 is 0 Å². The number of nitrogens with one attached hydrogen (secondary N) is 1. The van der Waals surface area contributed by atoms with E-state index in [0.29, 0.717) is 19.0 Å². The Morgan fingerprint density at radius 1 is 1.32 bits per heavy atom. The van der Waals surface area contributed by atoms with Gasteiger partial charge in [-0.2, -0.15) is 4.98 Å². The van der Waals surface area contributed by atoms with Crippen LogP contribution in [0, 0.1) is 6.92 Å². The fourth-order valence-electron chi connectivity index (χ4n) is 2.88. The van der Waals surface area contributed by atoms with Crippen LogP contribution in [0.2, 0.25) is 0 Å². The highest BCUT2D eigenvalue weighted by Crippen LogP contribution is 2.19. The molecule has 0 aliphatic heterocycles. The fourth-order valence-corrected chi connectivity index (χ4v) is 3.48.